The van der Waals surface area contributed by atoms with E-state index >= 15 is 0 Å². The Labute approximate surface area is 128 Å². The fraction of sp³-hybridized carbons (Fsp3) is 0.588. The molecular weight excluding hydrogens is 264 g/mol. The normalized spacial score (nSPS) is 12.1. The number of hydrogen-bond acceptors (Lipinski definition) is 3. The van der Waals surface area contributed by atoms with Gasteiger partial charge in [-0.05, 0) is 72.2 Å². The Morgan fingerprint density at radius 3 is 2.29 bits per heavy atom. The number of amides is 1. The summed E-state index contributed by atoms with van der Waals surface area (Å²) >= 11 is 0. The lowest BCUT2D eigenvalue weighted by atomic mass is 9.94. The molecule has 0 fully saturated rings. The fourth-order valence-corrected chi connectivity index (χ4v) is 1.99. The molecule has 0 unspecified atom stereocenters. The molecule has 0 atom stereocenters. The molecule has 4 nitrogen and oxygen atoms in total. The first-order chi connectivity index (χ1) is 9.52. The van der Waals surface area contributed by atoms with Crippen LogP contribution in [-0.2, 0) is 11.2 Å². The van der Waals surface area contributed by atoms with Gasteiger partial charge in [-0.2, -0.15) is 0 Å². The van der Waals surface area contributed by atoms with Crippen LogP contribution in [0.15, 0.2) is 18.2 Å². The zero-order valence-electron chi connectivity index (χ0n) is 14.3. The molecule has 1 aromatic carbocycles. The van der Waals surface area contributed by atoms with E-state index in [9.17, 15) is 4.79 Å². The lowest BCUT2D eigenvalue weighted by molar-refractivity contribution is 0.0636. The summed E-state index contributed by atoms with van der Waals surface area (Å²) in [6.45, 7) is 11.9. The number of nitrogens with one attached hydrogen (secondary N) is 2. The third-order valence-corrected chi connectivity index (χ3v) is 3.25. The molecule has 0 saturated carbocycles. The van der Waals surface area contributed by atoms with Gasteiger partial charge in [0.2, 0.25) is 0 Å². The van der Waals surface area contributed by atoms with Crippen molar-refractivity contribution in [2.24, 2.45) is 0 Å². The summed E-state index contributed by atoms with van der Waals surface area (Å²) in [7, 11) is 1.96. The molecule has 1 rings (SSSR count). The molecule has 2 N–H and O–H groups in total. The fourth-order valence-electron chi connectivity index (χ4n) is 1.99. The highest BCUT2D eigenvalue weighted by atomic mass is 16.6. The molecule has 0 radical (unpaired) electrons. The number of rotatable bonds is 4. The zero-order chi connectivity index (χ0) is 16.3. The molecule has 0 spiro atoms. The number of anilines is 1. The predicted molar refractivity (Wildman–Crippen MR) is 87.9 cm³/mol. The summed E-state index contributed by atoms with van der Waals surface area (Å²) in [6.07, 6.45) is 0.505. The van der Waals surface area contributed by atoms with Crippen molar-refractivity contribution in [2.75, 3.05) is 12.4 Å². The zero-order valence-corrected chi connectivity index (χ0v) is 14.3. The van der Waals surface area contributed by atoms with Gasteiger partial charge in [-0.15, -0.1) is 0 Å². The number of likely N-dealkylation sites (N-methyl/N-ethyl adjacent to an activating group) is 1. The second-order valence-corrected chi connectivity index (χ2v) is 7.09. The average Bonchev–Trinajstić information content (AvgIpc) is 2.30. The Morgan fingerprint density at radius 2 is 1.81 bits per heavy atom. The monoisotopic (exact) mass is 292 g/mol. The molecule has 0 saturated heterocycles. The number of carbonyl (C=O) groups is 1. The number of aryl methyl sites for hydroxylation is 1. The van der Waals surface area contributed by atoms with E-state index in [4.69, 9.17) is 4.74 Å². The van der Waals surface area contributed by atoms with E-state index in [2.05, 4.69) is 30.5 Å². The van der Waals surface area contributed by atoms with E-state index in [0.717, 1.165) is 17.7 Å². The van der Waals surface area contributed by atoms with Crippen molar-refractivity contribution in [1.29, 1.82) is 0 Å². The summed E-state index contributed by atoms with van der Waals surface area (Å²) in [5.74, 6) is 0. The summed E-state index contributed by atoms with van der Waals surface area (Å²) < 4.78 is 5.26. The summed E-state index contributed by atoms with van der Waals surface area (Å²) in [6, 6.07) is 6.07. The van der Waals surface area contributed by atoms with Gasteiger partial charge in [-0.1, -0.05) is 12.1 Å². The quantitative estimate of drug-likeness (QED) is 0.885. The third-order valence-electron chi connectivity index (χ3n) is 3.25. The van der Waals surface area contributed by atoms with Gasteiger partial charge in [0.05, 0.1) is 0 Å². The van der Waals surface area contributed by atoms with Crippen molar-refractivity contribution in [3.05, 3.63) is 29.3 Å². The highest BCUT2D eigenvalue weighted by molar-refractivity contribution is 5.85. The number of hydrogen-bond donors (Lipinski definition) is 2. The molecule has 1 amide bonds. The van der Waals surface area contributed by atoms with E-state index in [1.807, 2.05) is 46.9 Å². The second kappa shape index (κ2) is 6.48. The van der Waals surface area contributed by atoms with Gasteiger partial charge >= 0.3 is 6.09 Å². The van der Waals surface area contributed by atoms with Gasteiger partial charge in [-0.25, -0.2) is 4.79 Å². The van der Waals surface area contributed by atoms with E-state index in [-0.39, 0.29) is 5.54 Å². The minimum absolute atomic E-state index is 0.0482. The number of ether oxygens (including phenoxy) is 1. The van der Waals surface area contributed by atoms with E-state index in [1.54, 1.807) is 0 Å². The van der Waals surface area contributed by atoms with Crippen molar-refractivity contribution in [3.63, 3.8) is 0 Å². The van der Waals surface area contributed by atoms with E-state index < -0.39 is 11.7 Å². The molecule has 4 heteroatoms. The number of benzene rings is 1. The lowest BCUT2D eigenvalue weighted by Crippen LogP contribution is -2.38. The van der Waals surface area contributed by atoms with Gasteiger partial charge in [0.1, 0.15) is 5.60 Å². The van der Waals surface area contributed by atoms with Crippen LogP contribution in [0.4, 0.5) is 10.5 Å². The predicted octanol–water partition coefficient (Wildman–Crippen LogP) is 3.88. The molecule has 118 valence electrons. The van der Waals surface area contributed by atoms with Gasteiger partial charge in [0, 0.05) is 11.2 Å². The largest absolute Gasteiger partial charge is 0.444 e. The molecule has 0 heterocycles. The third kappa shape index (κ3) is 6.17. The van der Waals surface area contributed by atoms with Gasteiger partial charge in [0.25, 0.3) is 0 Å². The molecule has 0 bridgehead atoms. The van der Waals surface area contributed by atoms with Crippen LogP contribution in [0.1, 0.15) is 45.7 Å². The maximum Gasteiger partial charge on any atom is 0.412 e. The smallest absolute Gasteiger partial charge is 0.412 e. The van der Waals surface area contributed by atoms with E-state index in [0.29, 0.717) is 0 Å². The Hall–Kier alpha value is -1.55. The summed E-state index contributed by atoms with van der Waals surface area (Å²) in [4.78, 5) is 11.8. The maximum absolute atomic E-state index is 11.8. The van der Waals surface area contributed by atoms with Crippen molar-refractivity contribution in [1.82, 2.24) is 5.32 Å². The van der Waals surface area contributed by atoms with Crippen LogP contribution in [0.3, 0.4) is 0 Å². The molecule has 21 heavy (non-hydrogen) atoms. The van der Waals surface area contributed by atoms with Crippen LogP contribution in [0.5, 0.6) is 0 Å². The molecule has 0 aliphatic rings. The Bertz CT molecular complexity index is 502. The SMILES string of the molecule is CNC(C)(C)Cc1ccc(NC(=O)OC(C)(C)C)c(C)c1. The van der Waals surface area contributed by atoms with Crippen molar-refractivity contribution in [3.8, 4) is 0 Å². The van der Waals surface area contributed by atoms with Crippen LogP contribution in [0.2, 0.25) is 0 Å². The Morgan fingerprint density at radius 1 is 1.19 bits per heavy atom. The average molecular weight is 292 g/mol. The molecule has 0 aliphatic heterocycles. The molecule has 1 aromatic rings. The van der Waals surface area contributed by atoms with Gasteiger partial charge < -0.3 is 10.1 Å². The molecule has 0 aliphatic carbocycles. The summed E-state index contributed by atoms with van der Waals surface area (Å²) in [5.41, 5.74) is 2.61. The lowest BCUT2D eigenvalue weighted by Gasteiger charge is -2.24. The topological polar surface area (TPSA) is 50.4 Å². The highest BCUT2D eigenvalue weighted by Crippen LogP contribution is 2.21. The van der Waals surface area contributed by atoms with Gasteiger partial charge in [0.15, 0.2) is 0 Å². The first-order valence-corrected chi connectivity index (χ1v) is 7.31. The first-order valence-electron chi connectivity index (χ1n) is 7.31. The highest BCUT2D eigenvalue weighted by Gasteiger charge is 2.18. The van der Waals surface area contributed by atoms with Crippen LogP contribution in [0.25, 0.3) is 0 Å². The minimum atomic E-state index is -0.491. The molecule has 0 aromatic heterocycles. The van der Waals surface area contributed by atoms with Crippen molar-refractivity contribution in [2.45, 2.75) is 59.1 Å². The Balaban J connectivity index is 2.77. The van der Waals surface area contributed by atoms with Crippen molar-refractivity contribution < 1.29 is 9.53 Å². The standard InChI is InChI=1S/C17H28N2O2/c1-12-10-13(11-17(5,6)18-7)8-9-14(12)19-15(20)21-16(2,3)4/h8-10,18H,11H2,1-7H3,(H,19,20). The van der Waals surface area contributed by atoms with Crippen LogP contribution >= 0.6 is 0 Å². The second-order valence-electron chi connectivity index (χ2n) is 7.09. The first kappa shape index (κ1) is 17.5. The van der Waals surface area contributed by atoms with Gasteiger partial charge in [-0.3, -0.25) is 5.32 Å². The van der Waals surface area contributed by atoms with Crippen molar-refractivity contribution >= 4 is 11.8 Å². The summed E-state index contributed by atoms with van der Waals surface area (Å²) in [5, 5.41) is 6.09. The Kier molecular flexibility index (Phi) is 5.40. The van der Waals surface area contributed by atoms with Crippen LogP contribution < -0.4 is 10.6 Å². The van der Waals surface area contributed by atoms with Crippen LogP contribution in [-0.4, -0.2) is 24.3 Å². The molecular formula is C17H28N2O2. The minimum Gasteiger partial charge on any atom is -0.444 e. The van der Waals surface area contributed by atoms with Crippen LogP contribution in [0, 0.1) is 6.92 Å². The van der Waals surface area contributed by atoms with E-state index in [1.165, 1.54) is 5.56 Å². The maximum atomic E-state index is 11.8. The number of carbonyl (C=O) groups excluding carboxylic acids is 1.